The van der Waals surface area contributed by atoms with Crippen LogP contribution in [0.2, 0.25) is 0 Å². The van der Waals surface area contributed by atoms with Gasteiger partial charge in [-0.2, -0.15) is 9.61 Å². The maximum Gasteiger partial charge on any atom is 0.235 e. The van der Waals surface area contributed by atoms with E-state index in [1.165, 1.54) is 18.4 Å². The number of phenolic OH excluding ortho intramolecular Hbond substituents is 1. The first kappa shape index (κ1) is 17.0. The lowest BCUT2D eigenvalue weighted by Crippen LogP contribution is -1.96. The summed E-state index contributed by atoms with van der Waals surface area (Å²) in [5.41, 5.74) is 2.81. The Labute approximate surface area is 159 Å². The molecule has 2 aromatic heterocycles. The number of aromatic nitrogens is 4. The highest BCUT2D eigenvalue weighted by molar-refractivity contribution is 7.17. The van der Waals surface area contributed by atoms with Crippen molar-refractivity contribution in [2.75, 3.05) is 19.5 Å². The molecule has 0 amide bonds. The van der Waals surface area contributed by atoms with Crippen LogP contribution in [0, 0.1) is 0 Å². The van der Waals surface area contributed by atoms with E-state index in [4.69, 9.17) is 4.74 Å². The Morgan fingerprint density at radius 2 is 2.00 bits per heavy atom. The van der Waals surface area contributed by atoms with Gasteiger partial charge >= 0.3 is 0 Å². The van der Waals surface area contributed by atoms with Gasteiger partial charge in [0.25, 0.3) is 0 Å². The van der Waals surface area contributed by atoms with Crippen molar-refractivity contribution in [1.82, 2.24) is 19.8 Å². The first-order chi connectivity index (χ1) is 13.2. The first-order valence-corrected chi connectivity index (χ1v) is 9.05. The fourth-order valence-electron chi connectivity index (χ4n) is 2.73. The number of anilines is 1. The molecule has 27 heavy (non-hydrogen) atoms. The molecule has 0 aliphatic rings. The van der Waals surface area contributed by atoms with E-state index in [1.54, 1.807) is 16.6 Å². The zero-order valence-corrected chi connectivity index (χ0v) is 15.6. The van der Waals surface area contributed by atoms with E-state index in [0.29, 0.717) is 11.6 Å². The van der Waals surface area contributed by atoms with Gasteiger partial charge in [-0.1, -0.05) is 35.6 Å². The number of hydrogen-bond acceptors (Lipinski definition) is 7. The molecule has 0 aliphatic heterocycles. The Bertz CT molecular complexity index is 1130. The van der Waals surface area contributed by atoms with Gasteiger partial charge in [-0.25, -0.2) is 0 Å². The molecule has 2 N–H and O–H groups in total. The Hall–Kier alpha value is -3.39. The van der Waals surface area contributed by atoms with Crippen LogP contribution in [-0.4, -0.2) is 39.1 Å². The lowest BCUT2D eigenvalue weighted by atomic mass is 10.1. The normalized spacial score (nSPS) is 11.3. The number of benzene rings is 2. The third kappa shape index (κ3) is 3.22. The molecule has 2 aromatic carbocycles. The maximum atomic E-state index is 9.69. The number of phenols is 1. The van der Waals surface area contributed by atoms with Crippen molar-refractivity contribution in [3.05, 3.63) is 53.0 Å². The van der Waals surface area contributed by atoms with Crippen LogP contribution in [0.25, 0.3) is 28.5 Å². The standard InChI is InChI=1S/C19H17N5O2S/c1-20-14-6-4-3-5-13(14)18-21-22-19-24(18)23-17(27-19)10-8-12-7-9-15(25)16(11-12)26-2/h3-11,20,25H,1-2H3/b10-8+. The number of rotatable bonds is 5. The molecule has 0 saturated carbocycles. The highest BCUT2D eigenvalue weighted by Crippen LogP contribution is 2.29. The molecule has 4 rings (SSSR count). The van der Waals surface area contributed by atoms with Gasteiger partial charge in [0.2, 0.25) is 4.96 Å². The van der Waals surface area contributed by atoms with E-state index < -0.39 is 0 Å². The van der Waals surface area contributed by atoms with Gasteiger partial charge in [-0.3, -0.25) is 0 Å². The van der Waals surface area contributed by atoms with Crippen LogP contribution in [-0.2, 0) is 0 Å². The van der Waals surface area contributed by atoms with Crippen molar-refractivity contribution < 1.29 is 9.84 Å². The summed E-state index contributed by atoms with van der Waals surface area (Å²) in [4.78, 5) is 0.721. The molecule has 0 saturated heterocycles. The molecular formula is C19H17N5O2S. The van der Waals surface area contributed by atoms with Gasteiger partial charge < -0.3 is 15.2 Å². The second kappa shape index (κ2) is 7.08. The monoisotopic (exact) mass is 379 g/mol. The van der Waals surface area contributed by atoms with Crippen molar-refractivity contribution in [3.63, 3.8) is 0 Å². The van der Waals surface area contributed by atoms with Gasteiger partial charge in [0.15, 0.2) is 17.3 Å². The van der Waals surface area contributed by atoms with Crippen molar-refractivity contribution in [3.8, 4) is 22.9 Å². The molecule has 8 heteroatoms. The van der Waals surface area contributed by atoms with Gasteiger partial charge in [0.1, 0.15) is 5.01 Å². The van der Waals surface area contributed by atoms with Crippen molar-refractivity contribution in [1.29, 1.82) is 0 Å². The number of hydrogen-bond donors (Lipinski definition) is 2. The third-order valence-corrected chi connectivity index (χ3v) is 4.93. The zero-order chi connectivity index (χ0) is 18.8. The number of nitrogens with one attached hydrogen (secondary N) is 1. The fraction of sp³-hybridized carbons (Fsp3) is 0.105. The molecule has 4 aromatic rings. The summed E-state index contributed by atoms with van der Waals surface area (Å²) in [5.74, 6) is 1.24. The molecular weight excluding hydrogens is 362 g/mol. The highest BCUT2D eigenvalue weighted by Gasteiger charge is 2.14. The second-order valence-corrected chi connectivity index (χ2v) is 6.71. The third-order valence-electron chi connectivity index (χ3n) is 4.07. The van der Waals surface area contributed by atoms with Crippen molar-refractivity contribution >= 4 is 34.1 Å². The van der Waals surface area contributed by atoms with E-state index in [2.05, 4.69) is 20.6 Å². The van der Waals surface area contributed by atoms with E-state index in [9.17, 15) is 5.11 Å². The minimum absolute atomic E-state index is 0.112. The summed E-state index contributed by atoms with van der Waals surface area (Å²) in [6, 6.07) is 13.1. The van der Waals surface area contributed by atoms with Crippen LogP contribution in [0.4, 0.5) is 5.69 Å². The summed E-state index contributed by atoms with van der Waals surface area (Å²) in [7, 11) is 3.40. The van der Waals surface area contributed by atoms with Gasteiger partial charge in [-0.15, -0.1) is 10.2 Å². The Morgan fingerprint density at radius 1 is 1.15 bits per heavy atom. The van der Waals surface area contributed by atoms with Crippen molar-refractivity contribution in [2.24, 2.45) is 0 Å². The number of aromatic hydroxyl groups is 1. The second-order valence-electron chi connectivity index (χ2n) is 5.72. The summed E-state index contributed by atoms with van der Waals surface area (Å²) >= 11 is 1.45. The number of para-hydroxylation sites is 1. The predicted molar refractivity (Wildman–Crippen MR) is 107 cm³/mol. The first-order valence-electron chi connectivity index (χ1n) is 8.24. The van der Waals surface area contributed by atoms with Crippen LogP contribution in [0.15, 0.2) is 42.5 Å². The largest absolute Gasteiger partial charge is 0.504 e. The Kier molecular flexibility index (Phi) is 4.47. The van der Waals surface area contributed by atoms with Crippen LogP contribution >= 0.6 is 11.3 Å². The SMILES string of the molecule is CNc1ccccc1-c1nnc2sc(/C=C/c3ccc(O)c(OC)c3)nn12. The number of ether oxygens (including phenoxy) is 1. The predicted octanol–water partition coefficient (Wildman–Crippen LogP) is 3.78. The minimum Gasteiger partial charge on any atom is -0.504 e. The van der Waals surface area contributed by atoms with E-state index in [0.717, 1.165) is 26.8 Å². The lowest BCUT2D eigenvalue weighted by Gasteiger charge is -2.05. The summed E-state index contributed by atoms with van der Waals surface area (Å²) in [6.45, 7) is 0. The summed E-state index contributed by atoms with van der Waals surface area (Å²) in [6.07, 6.45) is 3.81. The van der Waals surface area contributed by atoms with Crippen LogP contribution < -0.4 is 10.1 Å². The van der Waals surface area contributed by atoms with Crippen LogP contribution in [0.1, 0.15) is 10.6 Å². The smallest absolute Gasteiger partial charge is 0.235 e. The number of methoxy groups -OCH3 is 1. The van der Waals surface area contributed by atoms with Gasteiger partial charge in [0, 0.05) is 18.3 Å². The summed E-state index contributed by atoms with van der Waals surface area (Å²) < 4.78 is 6.88. The number of nitrogens with zero attached hydrogens (tertiary/aromatic N) is 4. The quantitative estimate of drug-likeness (QED) is 0.549. The Morgan fingerprint density at radius 3 is 2.81 bits per heavy atom. The zero-order valence-electron chi connectivity index (χ0n) is 14.7. The van der Waals surface area contributed by atoms with Gasteiger partial charge in [0.05, 0.1) is 7.11 Å². The molecule has 0 spiro atoms. The lowest BCUT2D eigenvalue weighted by molar-refractivity contribution is 0.373. The van der Waals surface area contributed by atoms with E-state index >= 15 is 0 Å². The van der Waals surface area contributed by atoms with E-state index in [-0.39, 0.29) is 5.75 Å². The molecule has 2 heterocycles. The Balaban J connectivity index is 1.68. The molecule has 0 unspecified atom stereocenters. The van der Waals surface area contributed by atoms with Crippen LogP contribution in [0.3, 0.4) is 0 Å². The number of fused-ring (bicyclic) bond motifs is 1. The molecule has 0 bridgehead atoms. The highest BCUT2D eigenvalue weighted by atomic mass is 32.1. The summed E-state index contributed by atoms with van der Waals surface area (Å²) in [5, 5.41) is 26.8. The fourth-order valence-corrected chi connectivity index (χ4v) is 3.47. The average molecular weight is 379 g/mol. The molecule has 7 nitrogen and oxygen atoms in total. The molecule has 0 atom stereocenters. The van der Waals surface area contributed by atoms with Gasteiger partial charge in [-0.05, 0) is 35.9 Å². The molecule has 0 fully saturated rings. The average Bonchev–Trinajstić information content (AvgIpc) is 3.27. The molecule has 0 aliphatic carbocycles. The molecule has 0 radical (unpaired) electrons. The maximum absolute atomic E-state index is 9.69. The van der Waals surface area contributed by atoms with E-state index in [1.807, 2.05) is 49.5 Å². The minimum atomic E-state index is 0.112. The van der Waals surface area contributed by atoms with Crippen molar-refractivity contribution in [2.45, 2.75) is 0 Å². The van der Waals surface area contributed by atoms with Crippen LogP contribution in [0.5, 0.6) is 11.5 Å². The topological polar surface area (TPSA) is 84.6 Å². The molecule has 136 valence electrons.